The smallest absolute Gasteiger partial charge is 0.328 e. The molecule has 0 saturated heterocycles. The van der Waals surface area contributed by atoms with E-state index in [-0.39, 0.29) is 18.1 Å². The number of halogens is 1. The van der Waals surface area contributed by atoms with Gasteiger partial charge >= 0.3 is 5.97 Å². The molecule has 1 atom stereocenters. The van der Waals surface area contributed by atoms with Gasteiger partial charge in [0.15, 0.2) is 6.61 Å². The molecule has 23 heavy (non-hydrogen) atoms. The first-order valence-electron chi connectivity index (χ1n) is 7.30. The molecule has 0 heterocycles. The van der Waals surface area contributed by atoms with E-state index in [0.29, 0.717) is 17.5 Å². The topological polar surface area (TPSA) is 84.5 Å². The Morgan fingerprint density at radius 2 is 1.83 bits per heavy atom. The highest BCUT2D eigenvalue weighted by Crippen LogP contribution is 2.14. The fourth-order valence-electron chi connectivity index (χ4n) is 1.61. The summed E-state index contributed by atoms with van der Waals surface area (Å²) < 4.78 is 4.87. The summed E-state index contributed by atoms with van der Waals surface area (Å²) in [6.07, 6.45) is 0. The van der Waals surface area contributed by atoms with Crippen LogP contribution in [0.2, 0.25) is 5.02 Å². The predicted octanol–water partition coefficient (Wildman–Crippen LogP) is 1.77. The van der Waals surface area contributed by atoms with Crippen LogP contribution in [0.15, 0.2) is 24.3 Å². The Balaban J connectivity index is 2.44. The maximum atomic E-state index is 12.0. The van der Waals surface area contributed by atoms with Crippen LogP contribution in [0.3, 0.4) is 0 Å². The Morgan fingerprint density at radius 3 is 2.43 bits per heavy atom. The summed E-state index contributed by atoms with van der Waals surface area (Å²) in [5, 5.41) is 5.40. The number of ether oxygens (including phenoxy) is 1. The van der Waals surface area contributed by atoms with Crippen LogP contribution in [0, 0.1) is 5.92 Å². The number of carbonyl (C=O) groups is 3. The van der Waals surface area contributed by atoms with Gasteiger partial charge in [0.25, 0.3) is 11.8 Å². The van der Waals surface area contributed by atoms with Crippen LogP contribution in [0.25, 0.3) is 0 Å². The molecule has 0 radical (unpaired) electrons. The third-order valence-electron chi connectivity index (χ3n) is 2.87. The Bertz CT molecular complexity index is 575. The third kappa shape index (κ3) is 6.69. The van der Waals surface area contributed by atoms with E-state index in [1.54, 1.807) is 24.3 Å². The minimum Gasteiger partial charge on any atom is -0.454 e. The van der Waals surface area contributed by atoms with Gasteiger partial charge in [-0.3, -0.25) is 9.59 Å². The van der Waals surface area contributed by atoms with E-state index in [1.165, 1.54) is 6.92 Å². The van der Waals surface area contributed by atoms with Gasteiger partial charge in [-0.25, -0.2) is 4.79 Å². The molecule has 0 aliphatic carbocycles. The normalized spacial score (nSPS) is 11.7. The number of benzene rings is 1. The fraction of sp³-hybridized carbons (Fsp3) is 0.438. The fourth-order valence-corrected chi connectivity index (χ4v) is 1.83. The zero-order valence-electron chi connectivity index (χ0n) is 13.4. The minimum absolute atomic E-state index is 0.267. The first kappa shape index (κ1) is 19.0. The monoisotopic (exact) mass is 340 g/mol. The molecule has 0 aliphatic rings. The van der Waals surface area contributed by atoms with E-state index >= 15 is 0 Å². The van der Waals surface area contributed by atoms with Gasteiger partial charge in [-0.15, -0.1) is 0 Å². The second kappa shape index (κ2) is 9.15. The van der Waals surface area contributed by atoms with Gasteiger partial charge in [-0.1, -0.05) is 37.6 Å². The molecule has 0 aromatic heterocycles. The van der Waals surface area contributed by atoms with Crippen LogP contribution in [0.5, 0.6) is 0 Å². The maximum absolute atomic E-state index is 12.0. The van der Waals surface area contributed by atoms with Crippen molar-refractivity contribution in [2.45, 2.75) is 26.8 Å². The summed E-state index contributed by atoms with van der Waals surface area (Å²) in [5.74, 6) is -1.24. The van der Waals surface area contributed by atoms with E-state index in [0.717, 1.165) is 0 Å². The lowest BCUT2D eigenvalue weighted by Crippen LogP contribution is -2.41. The lowest BCUT2D eigenvalue weighted by molar-refractivity contribution is -0.150. The summed E-state index contributed by atoms with van der Waals surface area (Å²) in [7, 11) is 0. The van der Waals surface area contributed by atoms with Crippen molar-refractivity contribution in [1.82, 2.24) is 10.6 Å². The zero-order valence-corrected chi connectivity index (χ0v) is 14.1. The van der Waals surface area contributed by atoms with Crippen molar-refractivity contribution >= 4 is 29.4 Å². The highest BCUT2D eigenvalue weighted by atomic mass is 35.5. The van der Waals surface area contributed by atoms with Crippen molar-refractivity contribution in [3.8, 4) is 0 Å². The molecule has 6 nitrogen and oxygen atoms in total. The Labute approximate surface area is 140 Å². The van der Waals surface area contributed by atoms with Gasteiger partial charge in [0.2, 0.25) is 0 Å². The van der Waals surface area contributed by atoms with Gasteiger partial charge in [-0.2, -0.15) is 0 Å². The van der Waals surface area contributed by atoms with Crippen molar-refractivity contribution in [3.05, 3.63) is 34.9 Å². The molecule has 1 aromatic carbocycles. The Kier molecular flexibility index (Phi) is 7.54. The maximum Gasteiger partial charge on any atom is 0.328 e. The van der Waals surface area contributed by atoms with Gasteiger partial charge in [0.05, 0.1) is 10.6 Å². The zero-order chi connectivity index (χ0) is 17.4. The number of nitrogens with one attached hydrogen (secondary N) is 2. The van der Waals surface area contributed by atoms with Crippen LogP contribution in [0.4, 0.5) is 0 Å². The van der Waals surface area contributed by atoms with Crippen molar-refractivity contribution in [1.29, 1.82) is 0 Å². The highest BCUT2D eigenvalue weighted by molar-refractivity contribution is 6.33. The molecular formula is C16H21ClN2O4. The molecule has 0 saturated carbocycles. The van der Waals surface area contributed by atoms with Gasteiger partial charge in [0.1, 0.15) is 6.04 Å². The first-order chi connectivity index (χ1) is 10.8. The molecule has 126 valence electrons. The summed E-state index contributed by atoms with van der Waals surface area (Å²) in [6.45, 7) is 5.52. The van der Waals surface area contributed by atoms with Crippen molar-refractivity contribution in [2.24, 2.45) is 5.92 Å². The molecular weight excluding hydrogens is 320 g/mol. The molecule has 1 rings (SSSR count). The second-order valence-electron chi connectivity index (χ2n) is 5.48. The number of rotatable bonds is 7. The quantitative estimate of drug-likeness (QED) is 0.741. The summed E-state index contributed by atoms with van der Waals surface area (Å²) in [5.41, 5.74) is 0.267. The molecule has 0 unspecified atom stereocenters. The lowest BCUT2D eigenvalue weighted by atomic mass is 10.2. The Hall–Kier alpha value is -2.08. The molecule has 2 amide bonds. The second-order valence-corrected chi connectivity index (χ2v) is 5.89. The van der Waals surface area contributed by atoms with E-state index in [9.17, 15) is 14.4 Å². The molecule has 2 N–H and O–H groups in total. The van der Waals surface area contributed by atoms with E-state index < -0.39 is 17.9 Å². The molecule has 0 fully saturated rings. The Morgan fingerprint density at radius 1 is 1.17 bits per heavy atom. The largest absolute Gasteiger partial charge is 0.454 e. The molecule has 0 bridgehead atoms. The summed E-state index contributed by atoms with van der Waals surface area (Å²) >= 11 is 5.92. The number of carbonyl (C=O) groups excluding carboxylic acids is 3. The third-order valence-corrected chi connectivity index (χ3v) is 3.20. The van der Waals surface area contributed by atoms with Crippen molar-refractivity contribution in [3.63, 3.8) is 0 Å². The number of amides is 2. The number of hydrogen-bond acceptors (Lipinski definition) is 4. The van der Waals surface area contributed by atoms with Gasteiger partial charge in [0, 0.05) is 6.54 Å². The van der Waals surface area contributed by atoms with E-state index in [2.05, 4.69) is 10.6 Å². The molecule has 0 aliphatic heterocycles. The van der Waals surface area contributed by atoms with Crippen LogP contribution in [0.1, 0.15) is 31.1 Å². The van der Waals surface area contributed by atoms with Crippen LogP contribution < -0.4 is 10.6 Å². The van der Waals surface area contributed by atoms with E-state index in [1.807, 2.05) is 13.8 Å². The molecule has 1 aromatic rings. The molecule has 0 spiro atoms. The van der Waals surface area contributed by atoms with Crippen molar-refractivity contribution < 1.29 is 19.1 Å². The van der Waals surface area contributed by atoms with Gasteiger partial charge in [-0.05, 0) is 25.0 Å². The number of hydrogen-bond donors (Lipinski definition) is 2. The van der Waals surface area contributed by atoms with Gasteiger partial charge < -0.3 is 15.4 Å². The molecule has 7 heteroatoms. The van der Waals surface area contributed by atoms with Crippen molar-refractivity contribution in [2.75, 3.05) is 13.2 Å². The summed E-state index contributed by atoms with van der Waals surface area (Å²) in [4.78, 5) is 35.3. The van der Waals surface area contributed by atoms with Crippen LogP contribution in [-0.4, -0.2) is 37.0 Å². The lowest BCUT2D eigenvalue weighted by Gasteiger charge is -2.14. The minimum atomic E-state index is -0.892. The average molecular weight is 341 g/mol. The standard InChI is InChI=1S/C16H21ClN2O4/c1-10(2)8-18-14(20)9-23-16(22)11(3)19-15(21)12-6-4-5-7-13(12)17/h4-7,10-11H,8-9H2,1-3H3,(H,18,20)(H,19,21)/t11-/m0/s1. The SMILES string of the molecule is CC(C)CNC(=O)COC(=O)[C@H](C)NC(=O)c1ccccc1Cl. The first-order valence-corrected chi connectivity index (χ1v) is 7.67. The van der Waals surface area contributed by atoms with Crippen LogP contribution in [-0.2, 0) is 14.3 Å². The number of esters is 1. The highest BCUT2D eigenvalue weighted by Gasteiger charge is 2.20. The predicted molar refractivity (Wildman–Crippen MR) is 87.2 cm³/mol. The van der Waals surface area contributed by atoms with Crippen LogP contribution >= 0.6 is 11.6 Å². The van der Waals surface area contributed by atoms with E-state index in [4.69, 9.17) is 16.3 Å². The summed E-state index contributed by atoms with van der Waals surface area (Å²) in [6, 6.07) is 5.61. The average Bonchev–Trinajstić information content (AvgIpc) is 2.50.